The van der Waals surface area contributed by atoms with Crippen molar-refractivity contribution in [3.05, 3.63) is 42.2 Å². The first-order chi connectivity index (χ1) is 7.88. The lowest BCUT2D eigenvalue weighted by molar-refractivity contribution is 0.387. The zero-order valence-corrected chi connectivity index (χ0v) is 11.1. The minimum absolute atomic E-state index is 0.0648. The Bertz CT molecular complexity index is 410. The van der Waals surface area contributed by atoms with Gasteiger partial charge >= 0.3 is 15.6 Å². The van der Waals surface area contributed by atoms with Crippen molar-refractivity contribution in [2.45, 2.75) is 13.3 Å². The molecule has 17 heavy (non-hydrogen) atoms. The first kappa shape index (κ1) is 16.2. The van der Waals surface area contributed by atoms with Gasteiger partial charge in [-0.2, -0.15) is 4.89 Å². The summed E-state index contributed by atoms with van der Waals surface area (Å²) in [5.74, 6) is 1.29. The summed E-state index contributed by atoms with van der Waals surface area (Å²) in [5, 5.41) is 0.0648. The minimum Gasteiger partial charge on any atom is -0.321 e. The predicted octanol–water partition coefficient (Wildman–Crippen LogP) is 2.13. The molecule has 1 rings (SSSR count). The molecule has 0 aliphatic rings. The fraction of sp³-hybridized carbons (Fsp3) is 0.200. The van der Waals surface area contributed by atoms with Crippen molar-refractivity contribution < 1.29 is 23.8 Å². The topological polar surface area (TPSA) is 94.8 Å². The predicted molar refractivity (Wildman–Crippen MR) is 67.4 cm³/mol. The molecular weight excluding hydrogens is 262 g/mol. The van der Waals surface area contributed by atoms with Crippen LogP contribution in [0.2, 0.25) is 0 Å². The first-order valence-corrected chi connectivity index (χ1v) is 7.70. The summed E-state index contributed by atoms with van der Waals surface area (Å²) in [6.07, 6.45) is 2.49. The van der Waals surface area contributed by atoms with E-state index in [2.05, 4.69) is 0 Å². The van der Waals surface area contributed by atoms with Gasteiger partial charge in [0.2, 0.25) is 0 Å². The molecule has 0 saturated heterocycles. The Labute approximate surface area is 101 Å². The van der Waals surface area contributed by atoms with Gasteiger partial charge < -0.3 is 9.79 Å². The van der Waals surface area contributed by atoms with Crippen molar-refractivity contribution in [3.8, 4) is 0 Å². The Morgan fingerprint density at radius 3 is 2.06 bits per heavy atom. The second-order valence-corrected chi connectivity index (χ2v) is 5.48. The average Bonchev–Trinajstić information content (AvgIpc) is 2.27. The van der Waals surface area contributed by atoms with Crippen LogP contribution in [0.3, 0.4) is 0 Å². The van der Waals surface area contributed by atoms with Gasteiger partial charge in [0.05, 0.1) is 5.30 Å². The van der Waals surface area contributed by atoms with E-state index in [0.29, 0.717) is 0 Å². The molecule has 0 bridgehead atoms. The third-order valence-corrected chi connectivity index (χ3v) is 3.00. The molecular formula is C10H15O5P2+. The maximum atomic E-state index is 10.5. The largest absolute Gasteiger partial charge is 0.537 e. The molecule has 1 aromatic carbocycles. The molecule has 1 unspecified atom stereocenters. The third kappa shape index (κ3) is 8.93. The van der Waals surface area contributed by atoms with Crippen molar-refractivity contribution in [2.75, 3.05) is 0 Å². The molecule has 7 heteroatoms. The van der Waals surface area contributed by atoms with Crippen LogP contribution in [0.5, 0.6) is 0 Å². The van der Waals surface area contributed by atoms with Crippen LogP contribution in [0.1, 0.15) is 13.3 Å². The minimum atomic E-state index is -4.02. The number of rotatable bonds is 3. The molecule has 0 amide bonds. The van der Waals surface area contributed by atoms with E-state index in [1.807, 2.05) is 6.92 Å². The van der Waals surface area contributed by atoms with Crippen LogP contribution in [-0.2, 0) is 9.13 Å². The summed E-state index contributed by atoms with van der Waals surface area (Å²) in [4.78, 5) is 25.3. The van der Waals surface area contributed by atoms with E-state index >= 15 is 0 Å². The van der Waals surface area contributed by atoms with Crippen LogP contribution in [0.25, 0.3) is 0 Å². The van der Waals surface area contributed by atoms with E-state index in [9.17, 15) is 9.13 Å². The molecule has 1 atom stereocenters. The molecule has 0 radical (unpaired) electrons. The maximum Gasteiger partial charge on any atom is 0.537 e. The van der Waals surface area contributed by atoms with Crippen molar-refractivity contribution in [1.29, 1.82) is 0 Å². The average molecular weight is 277 g/mol. The lowest BCUT2D eigenvalue weighted by atomic mass is 10.4. The van der Waals surface area contributed by atoms with Gasteiger partial charge in [0.25, 0.3) is 0 Å². The Balaban J connectivity index is 0.000000325. The van der Waals surface area contributed by atoms with Gasteiger partial charge in [-0.05, 0) is 29.2 Å². The number of hydrogen-bond acceptors (Lipinski definition) is 2. The van der Waals surface area contributed by atoms with Crippen LogP contribution in [0.4, 0.5) is 0 Å². The molecule has 94 valence electrons. The highest BCUT2D eigenvalue weighted by Crippen LogP contribution is 2.32. The smallest absolute Gasteiger partial charge is 0.321 e. The normalized spacial score (nSPS) is 11.9. The Kier molecular flexibility index (Phi) is 7.88. The number of benzene rings is 1. The Hall–Kier alpha value is -0.830. The van der Waals surface area contributed by atoms with E-state index < -0.39 is 15.6 Å². The SMILES string of the molecule is CCC=C[P+](=O)O.O=P(O)(O)c1ccccc1. The molecule has 0 spiro atoms. The Morgan fingerprint density at radius 1 is 1.29 bits per heavy atom. The van der Waals surface area contributed by atoms with E-state index in [-0.39, 0.29) is 5.30 Å². The van der Waals surface area contributed by atoms with Gasteiger partial charge in [-0.1, -0.05) is 25.1 Å². The summed E-state index contributed by atoms with van der Waals surface area (Å²) in [5.41, 5.74) is 0. The van der Waals surface area contributed by atoms with E-state index in [1.165, 1.54) is 17.9 Å². The van der Waals surface area contributed by atoms with Gasteiger partial charge in [0.15, 0.2) is 5.82 Å². The van der Waals surface area contributed by atoms with Gasteiger partial charge in [0.1, 0.15) is 0 Å². The lowest BCUT2D eigenvalue weighted by Crippen LogP contribution is -2.01. The van der Waals surface area contributed by atoms with Gasteiger partial charge in [-0.15, -0.1) is 0 Å². The van der Waals surface area contributed by atoms with Gasteiger partial charge in [0, 0.05) is 0 Å². The second-order valence-electron chi connectivity index (χ2n) is 2.98. The summed E-state index contributed by atoms with van der Waals surface area (Å²) in [7, 11) is -6.05. The highest BCUT2D eigenvalue weighted by atomic mass is 31.2. The quantitative estimate of drug-likeness (QED) is 0.736. The first-order valence-electron chi connectivity index (χ1n) is 4.81. The van der Waals surface area contributed by atoms with Crippen molar-refractivity contribution in [3.63, 3.8) is 0 Å². The fourth-order valence-electron chi connectivity index (χ4n) is 0.818. The number of allylic oxidation sites excluding steroid dienone is 1. The summed E-state index contributed by atoms with van der Waals surface area (Å²) in [6, 6.07) is 7.70. The Morgan fingerprint density at radius 2 is 1.82 bits per heavy atom. The summed E-state index contributed by atoms with van der Waals surface area (Å²) < 4.78 is 20.3. The van der Waals surface area contributed by atoms with Crippen molar-refractivity contribution in [1.82, 2.24) is 0 Å². The van der Waals surface area contributed by atoms with Crippen LogP contribution < -0.4 is 5.30 Å². The monoisotopic (exact) mass is 277 g/mol. The molecule has 0 heterocycles. The standard InChI is InChI=1S/C6H7O3P.C4H7O2P/c7-10(8,9)6-4-2-1-3-5-6;1-2-3-4-7(5)6/h1-5H,(H2,7,8,9);3-4H,2H2,1H3/p+1. The lowest BCUT2D eigenvalue weighted by Gasteiger charge is -2.00. The molecule has 0 fully saturated rings. The van der Waals surface area contributed by atoms with E-state index in [1.54, 1.807) is 24.3 Å². The molecule has 0 aliphatic heterocycles. The molecule has 5 nitrogen and oxygen atoms in total. The molecule has 0 aromatic heterocycles. The third-order valence-electron chi connectivity index (χ3n) is 1.56. The van der Waals surface area contributed by atoms with Gasteiger partial charge in [-0.25, -0.2) is 0 Å². The van der Waals surface area contributed by atoms with Crippen molar-refractivity contribution >= 4 is 20.9 Å². The zero-order valence-electron chi connectivity index (χ0n) is 9.30. The molecule has 3 N–H and O–H groups in total. The highest BCUT2D eigenvalue weighted by molar-refractivity contribution is 7.60. The van der Waals surface area contributed by atoms with Gasteiger partial charge in [-0.3, -0.25) is 4.57 Å². The van der Waals surface area contributed by atoms with Crippen LogP contribution in [0, 0.1) is 0 Å². The van der Waals surface area contributed by atoms with Crippen LogP contribution >= 0.6 is 15.6 Å². The molecule has 1 aromatic rings. The fourth-order valence-corrected chi connectivity index (χ4v) is 1.77. The maximum absolute atomic E-state index is 10.5. The number of hydrogen-bond donors (Lipinski definition) is 3. The van der Waals surface area contributed by atoms with Crippen LogP contribution in [-0.4, -0.2) is 14.7 Å². The zero-order chi connectivity index (χ0) is 13.3. The van der Waals surface area contributed by atoms with E-state index in [4.69, 9.17) is 14.7 Å². The van der Waals surface area contributed by atoms with E-state index in [0.717, 1.165) is 6.42 Å². The highest BCUT2D eigenvalue weighted by Gasteiger charge is 2.14. The van der Waals surface area contributed by atoms with Crippen LogP contribution in [0.15, 0.2) is 42.2 Å². The van der Waals surface area contributed by atoms with Crippen molar-refractivity contribution in [2.24, 2.45) is 0 Å². The molecule has 0 saturated carbocycles. The molecule has 0 aliphatic carbocycles. The summed E-state index contributed by atoms with van der Waals surface area (Å²) in [6.45, 7) is 1.91. The summed E-state index contributed by atoms with van der Waals surface area (Å²) >= 11 is 0. The second kappa shape index (κ2) is 8.29.